The lowest BCUT2D eigenvalue weighted by Gasteiger charge is -2.17. The molecular weight excluding hydrogens is 222 g/mol. The molecule has 1 fully saturated rings. The molecule has 0 aliphatic carbocycles. The van der Waals surface area contributed by atoms with Crippen molar-refractivity contribution in [2.75, 3.05) is 11.4 Å². The van der Waals surface area contributed by atoms with E-state index in [1.807, 2.05) is 0 Å². The third-order valence-electron chi connectivity index (χ3n) is 2.55. The highest BCUT2D eigenvalue weighted by Crippen LogP contribution is 2.29. The second kappa shape index (κ2) is 3.76. The Morgan fingerprint density at radius 3 is 2.59 bits per heavy atom. The van der Waals surface area contributed by atoms with Crippen LogP contribution in [0, 0.1) is 0 Å². The van der Waals surface area contributed by atoms with E-state index in [0.717, 1.165) is 0 Å². The summed E-state index contributed by atoms with van der Waals surface area (Å²) in [7, 11) is 0. The Kier molecular flexibility index (Phi) is 2.53. The first-order valence-electron chi connectivity index (χ1n) is 5.23. The molecule has 0 aromatic heterocycles. The molecule has 1 aliphatic heterocycles. The van der Waals surface area contributed by atoms with Crippen molar-refractivity contribution < 1.29 is 19.4 Å². The number of nitrogens with zero attached hydrogens (tertiary/aromatic N) is 1. The summed E-state index contributed by atoms with van der Waals surface area (Å²) in [4.78, 5) is 24.1. The number of anilines is 1. The molecule has 1 aromatic carbocycles. The SMILES string of the molecule is CC1(C)CN(c2ccccc2C(=O)O)C(=O)O1. The van der Waals surface area contributed by atoms with Crippen LogP contribution in [0.1, 0.15) is 24.2 Å². The molecule has 0 radical (unpaired) electrons. The van der Waals surface area contributed by atoms with Crippen molar-refractivity contribution in [1.29, 1.82) is 0 Å². The molecule has 1 N–H and O–H groups in total. The number of rotatable bonds is 2. The number of carboxylic acids is 1. The molecule has 1 heterocycles. The first-order chi connectivity index (χ1) is 7.91. The smallest absolute Gasteiger partial charge is 0.415 e. The quantitative estimate of drug-likeness (QED) is 0.852. The Morgan fingerprint density at radius 1 is 1.41 bits per heavy atom. The molecule has 17 heavy (non-hydrogen) atoms. The zero-order chi connectivity index (χ0) is 12.6. The van der Waals surface area contributed by atoms with Crippen LogP contribution in [0.5, 0.6) is 0 Å². The zero-order valence-electron chi connectivity index (χ0n) is 9.64. The summed E-state index contributed by atoms with van der Waals surface area (Å²) in [5, 5.41) is 9.06. The monoisotopic (exact) mass is 235 g/mol. The van der Waals surface area contributed by atoms with Crippen LogP contribution in [0.4, 0.5) is 10.5 Å². The Hall–Kier alpha value is -2.04. The Morgan fingerprint density at radius 2 is 2.06 bits per heavy atom. The molecule has 90 valence electrons. The van der Waals surface area contributed by atoms with E-state index in [1.54, 1.807) is 32.0 Å². The number of hydrogen-bond donors (Lipinski definition) is 1. The number of ether oxygens (including phenoxy) is 1. The highest BCUT2D eigenvalue weighted by molar-refractivity contribution is 6.00. The summed E-state index contributed by atoms with van der Waals surface area (Å²) in [6.07, 6.45) is -0.510. The summed E-state index contributed by atoms with van der Waals surface area (Å²) in [6, 6.07) is 6.39. The molecule has 5 heteroatoms. The fraction of sp³-hybridized carbons (Fsp3) is 0.333. The number of hydrogen-bond acceptors (Lipinski definition) is 3. The van der Waals surface area contributed by atoms with Crippen molar-refractivity contribution in [3.63, 3.8) is 0 Å². The van der Waals surface area contributed by atoms with Crippen molar-refractivity contribution in [3.05, 3.63) is 29.8 Å². The second-order valence-electron chi connectivity index (χ2n) is 4.54. The topological polar surface area (TPSA) is 66.8 Å². The van der Waals surface area contributed by atoms with E-state index < -0.39 is 17.7 Å². The third kappa shape index (κ3) is 2.08. The van der Waals surface area contributed by atoms with Gasteiger partial charge in [-0.2, -0.15) is 0 Å². The van der Waals surface area contributed by atoms with Crippen LogP contribution in [-0.2, 0) is 4.74 Å². The van der Waals surface area contributed by atoms with E-state index in [0.29, 0.717) is 12.2 Å². The van der Waals surface area contributed by atoms with Gasteiger partial charge in [0.25, 0.3) is 0 Å². The fourth-order valence-corrected chi connectivity index (χ4v) is 1.84. The number of amides is 1. The van der Waals surface area contributed by atoms with Gasteiger partial charge in [0, 0.05) is 0 Å². The average molecular weight is 235 g/mol. The molecule has 0 unspecified atom stereocenters. The molecule has 2 rings (SSSR count). The van der Waals surface area contributed by atoms with Crippen molar-refractivity contribution in [2.24, 2.45) is 0 Å². The van der Waals surface area contributed by atoms with Gasteiger partial charge in [-0.05, 0) is 26.0 Å². The van der Waals surface area contributed by atoms with Crippen LogP contribution >= 0.6 is 0 Å². The molecule has 0 spiro atoms. The van der Waals surface area contributed by atoms with Crippen molar-refractivity contribution >= 4 is 17.7 Å². The van der Waals surface area contributed by atoms with Crippen LogP contribution < -0.4 is 4.90 Å². The number of para-hydroxylation sites is 1. The summed E-state index contributed by atoms with van der Waals surface area (Å²) in [5.41, 5.74) is -0.124. The van der Waals surface area contributed by atoms with Crippen LogP contribution in [0.2, 0.25) is 0 Å². The Labute approximate surface area is 98.6 Å². The van der Waals surface area contributed by atoms with E-state index in [1.165, 1.54) is 11.0 Å². The molecule has 5 nitrogen and oxygen atoms in total. The summed E-state index contributed by atoms with van der Waals surface area (Å²) in [6.45, 7) is 3.92. The minimum absolute atomic E-state index is 0.0992. The molecule has 0 saturated carbocycles. The lowest BCUT2D eigenvalue weighted by atomic mass is 10.1. The average Bonchev–Trinajstić information content (AvgIpc) is 2.52. The van der Waals surface area contributed by atoms with Crippen LogP contribution in [0.25, 0.3) is 0 Å². The molecule has 0 atom stereocenters. The van der Waals surface area contributed by atoms with Crippen LogP contribution in [-0.4, -0.2) is 29.3 Å². The van der Waals surface area contributed by atoms with Gasteiger partial charge in [0.15, 0.2) is 0 Å². The van der Waals surface area contributed by atoms with Crippen molar-refractivity contribution in [3.8, 4) is 0 Å². The highest BCUT2D eigenvalue weighted by Gasteiger charge is 2.39. The number of aromatic carboxylic acids is 1. The number of carboxylic acid groups (broad SMARTS) is 1. The van der Waals surface area contributed by atoms with E-state index >= 15 is 0 Å². The maximum absolute atomic E-state index is 11.7. The van der Waals surface area contributed by atoms with Gasteiger partial charge in [-0.15, -0.1) is 0 Å². The molecule has 1 aromatic rings. The standard InChI is InChI=1S/C12H13NO4/c1-12(2)7-13(11(16)17-12)9-6-4-3-5-8(9)10(14)15/h3-6H,7H2,1-2H3,(H,14,15). The minimum atomic E-state index is -1.06. The Bertz CT molecular complexity index is 481. The Balaban J connectivity index is 2.42. The molecule has 1 amide bonds. The van der Waals surface area contributed by atoms with E-state index in [2.05, 4.69) is 0 Å². The van der Waals surface area contributed by atoms with Crippen LogP contribution in [0.3, 0.4) is 0 Å². The molecule has 1 aliphatic rings. The minimum Gasteiger partial charge on any atom is -0.478 e. The number of benzene rings is 1. The normalized spacial score (nSPS) is 18.0. The lowest BCUT2D eigenvalue weighted by Crippen LogP contribution is -2.29. The molecule has 1 saturated heterocycles. The summed E-state index contributed by atoms with van der Waals surface area (Å²) in [5.74, 6) is -1.06. The number of cyclic esters (lactones) is 1. The number of carbonyl (C=O) groups is 2. The van der Waals surface area contributed by atoms with Crippen molar-refractivity contribution in [1.82, 2.24) is 0 Å². The van der Waals surface area contributed by atoms with Gasteiger partial charge in [-0.25, -0.2) is 9.59 Å². The van der Waals surface area contributed by atoms with Crippen molar-refractivity contribution in [2.45, 2.75) is 19.4 Å². The largest absolute Gasteiger partial charge is 0.478 e. The molecule has 0 bridgehead atoms. The van der Waals surface area contributed by atoms with Gasteiger partial charge in [-0.3, -0.25) is 4.90 Å². The van der Waals surface area contributed by atoms with E-state index in [9.17, 15) is 9.59 Å². The van der Waals surface area contributed by atoms with Gasteiger partial charge < -0.3 is 9.84 Å². The first kappa shape index (κ1) is 11.4. The highest BCUT2D eigenvalue weighted by atomic mass is 16.6. The van der Waals surface area contributed by atoms with Gasteiger partial charge in [0.2, 0.25) is 0 Å². The third-order valence-corrected chi connectivity index (χ3v) is 2.55. The van der Waals surface area contributed by atoms with Crippen LogP contribution in [0.15, 0.2) is 24.3 Å². The van der Waals surface area contributed by atoms with E-state index in [-0.39, 0.29) is 5.56 Å². The summed E-state index contributed by atoms with van der Waals surface area (Å²) >= 11 is 0. The van der Waals surface area contributed by atoms with E-state index in [4.69, 9.17) is 9.84 Å². The van der Waals surface area contributed by atoms with Gasteiger partial charge in [-0.1, -0.05) is 12.1 Å². The van der Waals surface area contributed by atoms with Gasteiger partial charge in [0.1, 0.15) is 5.60 Å². The zero-order valence-corrected chi connectivity index (χ0v) is 9.64. The maximum atomic E-state index is 11.7. The summed E-state index contributed by atoms with van der Waals surface area (Å²) < 4.78 is 5.14. The predicted molar refractivity (Wildman–Crippen MR) is 61.3 cm³/mol. The fourth-order valence-electron chi connectivity index (χ4n) is 1.84. The molecular formula is C12H13NO4. The predicted octanol–water partition coefficient (Wildman–Crippen LogP) is 2.12. The lowest BCUT2D eigenvalue weighted by molar-refractivity contribution is 0.0697. The van der Waals surface area contributed by atoms with Gasteiger partial charge in [0.05, 0.1) is 17.8 Å². The maximum Gasteiger partial charge on any atom is 0.415 e. The number of carbonyl (C=O) groups excluding carboxylic acids is 1. The second-order valence-corrected chi connectivity index (χ2v) is 4.54. The van der Waals surface area contributed by atoms with Gasteiger partial charge >= 0.3 is 12.1 Å². The first-order valence-corrected chi connectivity index (χ1v) is 5.23.